The van der Waals surface area contributed by atoms with Crippen molar-refractivity contribution in [3.05, 3.63) is 0 Å². The molecule has 1 heterocycles. The summed E-state index contributed by atoms with van der Waals surface area (Å²) in [5.41, 5.74) is 0.0183. The first-order chi connectivity index (χ1) is 6.87. The summed E-state index contributed by atoms with van der Waals surface area (Å²) in [5.74, 6) is -1.06. The third-order valence-corrected chi connectivity index (χ3v) is 2.34. The van der Waals surface area contributed by atoms with E-state index in [4.69, 9.17) is 9.62 Å². The minimum atomic E-state index is -1.06. The van der Waals surface area contributed by atoms with Gasteiger partial charge in [-0.2, -0.15) is 0 Å². The van der Waals surface area contributed by atoms with Crippen molar-refractivity contribution in [2.24, 2.45) is 5.41 Å². The molecule has 0 aliphatic carbocycles. The highest BCUT2D eigenvalue weighted by atomic mass is 17.5. The van der Waals surface area contributed by atoms with Crippen LogP contribution >= 0.6 is 0 Å². The maximum atomic E-state index is 10.9. The number of carbonyl (C=O) groups is 1. The normalized spacial score (nSPS) is 27.1. The molecule has 0 bridgehead atoms. The Bertz CT molecular complexity index is 238. The lowest BCUT2D eigenvalue weighted by Gasteiger charge is -2.36. The van der Waals surface area contributed by atoms with Gasteiger partial charge in [0.2, 0.25) is 5.79 Å². The summed E-state index contributed by atoms with van der Waals surface area (Å²) < 4.78 is 4.95. The predicted octanol–water partition coefficient (Wildman–Crippen LogP) is 2.95. The van der Waals surface area contributed by atoms with Crippen LogP contribution in [0.4, 0.5) is 4.79 Å². The van der Waals surface area contributed by atoms with Gasteiger partial charge >= 0.3 is 6.16 Å². The van der Waals surface area contributed by atoms with Crippen molar-refractivity contribution in [1.29, 1.82) is 0 Å². The molecule has 0 radical (unpaired) electrons. The minimum Gasteiger partial charge on any atom is -0.397 e. The molecular formula is C10H18O5. The lowest BCUT2D eigenvalue weighted by molar-refractivity contribution is -0.578. The molecule has 1 atom stereocenters. The first-order valence-electron chi connectivity index (χ1n) is 5.12. The fourth-order valence-corrected chi connectivity index (χ4v) is 2.03. The van der Waals surface area contributed by atoms with Crippen LogP contribution in [0, 0.1) is 5.41 Å². The lowest BCUT2D eigenvalue weighted by Crippen LogP contribution is -2.43. The third kappa shape index (κ3) is 3.68. The average Bonchev–Trinajstić information content (AvgIpc) is 1.99. The molecule has 0 aromatic carbocycles. The largest absolute Gasteiger partial charge is 0.545 e. The molecule has 5 heteroatoms. The van der Waals surface area contributed by atoms with Crippen molar-refractivity contribution in [1.82, 2.24) is 0 Å². The van der Waals surface area contributed by atoms with E-state index >= 15 is 0 Å². The van der Waals surface area contributed by atoms with E-state index in [9.17, 15) is 4.79 Å². The summed E-state index contributed by atoms with van der Waals surface area (Å²) in [6.45, 7) is 7.95. The van der Waals surface area contributed by atoms with E-state index in [1.807, 2.05) is 0 Å². The van der Waals surface area contributed by atoms with Gasteiger partial charge in [-0.1, -0.05) is 27.2 Å². The zero-order chi connectivity index (χ0) is 11.5. The van der Waals surface area contributed by atoms with Gasteiger partial charge in [-0.25, -0.2) is 9.68 Å². The quantitative estimate of drug-likeness (QED) is 0.536. The van der Waals surface area contributed by atoms with Crippen LogP contribution in [0.15, 0.2) is 0 Å². The third-order valence-electron chi connectivity index (χ3n) is 2.34. The maximum absolute atomic E-state index is 10.9. The van der Waals surface area contributed by atoms with Gasteiger partial charge in [0.05, 0.1) is 0 Å². The number of cyclic esters (lactones) is 1. The second-order valence-electron chi connectivity index (χ2n) is 4.81. The number of ether oxygens (including phenoxy) is 1. The van der Waals surface area contributed by atoms with E-state index in [0.717, 1.165) is 12.8 Å². The molecule has 1 fully saturated rings. The van der Waals surface area contributed by atoms with E-state index in [1.54, 1.807) is 6.92 Å². The van der Waals surface area contributed by atoms with Gasteiger partial charge in [-0.05, 0) is 16.9 Å². The topological polar surface area (TPSA) is 54.0 Å². The van der Waals surface area contributed by atoms with Gasteiger partial charge in [0.15, 0.2) is 0 Å². The standard InChI is InChI=1S/C10H18O5/c1-5-6-9(2,3)7-10(4)12-8(11)13-15-14-10/h5-7H2,1-4H3. The number of hydrogen-bond acceptors (Lipinski definition) is 5. The second-order valence-corrected chi connectivity index (χ2v) is 4.81. The Morgan fingerprint density at radius 2 is 2.07 bits per heavy atom. The van der Waals surface area contributed by atoms with Gasteiger partial charge in [-0.15, -0.1) is 4.89 Å². The molecule has 5 nitrogen and oxygen atoms in total. The SMILES string of the molecule is CCCC(C)(C)CC1(C)OOOC(=O)O1. The summed E-state index contributed by atoms with van der Waals surface area (Å²) in [6, 6.07) is 0. The summed E-state index contributed by atoms with van der Waals surface area (Å²) in [5, 5.41) is 4.25. The van der Waals surface area contributed by atoms with Gasteiger partial charge in [0.25, 0.3) is 0 Å². The Balaban J connectivity index is 2.58. The molecule has 1 saturated heterocycles. The van der Waals surface area contributed by atoms with Crippen LogP contribution < -0.4 is 0 Å². The minimum absolute atomic E-state index is 0.0183. The molecule has 1 aliphatic rings. The molecule has 0 amide bonds. The molecule has 0 spiro atoms. The molecule has 0 saturated carbocycles. The molecular weight excluding hydrogens is 200 g/mol. The molecule has 0 aromatic heterocycles. The highest BCUT2D eigenvalue weighted by Gasteiger charge is 2.42. The van der Waals surface area contributed by atoms with Crippen molar-refractivity contribution in [2.75, 3.05) is 0 Å². The molecule has 0 N–H and O–H groups in total. The van der Waals surface area contributed by atoms with E-state index in [1.165, 1.54) is 0 Å². The molecule has 0 aromatic rings. The summed E-state index contributed by atoms with van der Waals surface area (Å²) in [4.78, 5) is 19.8. The summed E-state index contributed by atoms with van der Waals surface area (Å²) in [7, 11) is 0. The predicted molar refractivity (Wildman–Crippen MR) is 51.4 cm³/mol. The Hall–Kier alpha value is -0.810. The van der Waals surface area contributed by atoms with Crippen LogP contribution in [0.25, 0.3) is 0 Å². The maximum Gasteiger partial charge on any atom is 0.545 e. The first-order valence-corrected chi connectivity index (χ1v) is 5.12. The highest BCUT2D eigenvalue weighted by molar-refractivity contribution is 5.59. The molecule has 1 rings (SSSR count). The van der Waals surface area contributed by atoms with Crippen molar-refractivity contribution in [3.63, 3.8) is 0 Å². The van der Waals surface area contributed by atoms with Crippen LogP contribution in [-0.2, 0) is 19.6 Å². The Kier molecular flexibility index (Phi) is 3.57. The van der Waals surface area contributed by atoms with Gasteiger partial charge < -0.3 is 4.74 Å². The van der Waals surface area contributed by atoms with Crippen molar-refractivity contribution in [2.45, 2.75) is 52.7 Å². The molecule has 15 heavy (non-hydrogen) atoms. The molecule has 88 valence electrons. The van der Waals surface area contributed by atoms with Crippen molar-refractivity contribution < 1.29 is 24.3 Å². The Morgan fingerprint density at radius 1 is 1.40 bits per heavy atom. The van der Waals surface area contributed by atoms with Crippen LogP contribution in [0.2, 0.25) is 0 Å². The molecule has 1 aliphatic heterocycles. The van der Waals surface area contributed by atoms with E-state index < -0.39 is 11.9 Å². The van der Waals surface area contributed by atoms with Crippen LogP contribution in [0.5, 0.6) is 0 Å². The van der Waals surface area contributed by atoms with Crippen molar-refractivity contribution in [3.8, 4) is 0 Å². The van der Waals surface area contributed by atoms with E-state index in [0.29, 0.717) is 6.42 Å². The lowest BCUT2D eigenvalue weighted by atomic mass is 9.81. The Labute approximate surface area is 89.5 Å². The van der Waals surface area contributed by atoms with Crippen LogP contribution in [-0.4, -0.2) is 11.9 Å². The second kappa shape index (κ2) is 4.37. The van der Waals surface area contributed by atoms with Gasteiger partial charge in [0.1, 0.15) is 0 Å². The van der Waals surface area contributed by atoms with Crippen LogP contribution in [0.1, 0.15) is 47.0 Å². The average molecular weight is 218 g/mol. The van der Waals surface area contributed by atoms with E-state index in [-0.39, 0.29) is 5.41 Å². The first kappa shape index (κ1) is 12.3. The summed E-state index contributed by atoms with van der Waals surface area (Å²) in [6.07, 6.45) is 1.78. The fraction of sp³-hybridized carbons (Fsp3) is 0.900. The van der Waals surface area contributed by atoms with Gasteiger partial charge in [-0.3, -0.25) is 0 Å². The number of rotatable bonds is 4. The Morgan fingerprint density at radius 3 is 2.60 bits per heavy atom. The number of carbonyl (C=O) groups excluding carboxylic acids is 1. The van der Waals surface area contributed by atoms with Crippen LogP contribution in [0.3, 0.4) is 0 Å². The fourth-order valence-electron chi connectivity index (χ4n) is 2.03. The summed E-state index contributed by atoms with van der Waals surface area (Å²) >= 11 is 0. The van der Waals surface area contributed by atoms with E-state index in [2.05, 4.69) is 30.7 Å². The zero-order valence-electron chi connectivity index (χ0n) is 9.66. The number of hydrogen-bond donors (Lipinski definition) is 0. The smallest absolute Gasteiger partial charge is 0.397 e. The highest BCUT2D eigenvalue weighted by Crippen LogP contribution is 2.36. The molecule has 1 unspecified atom stereocenters. The zero-order valence-corrected chi connectivity index (χ0v) is 9.66. The van der Waals surface area contributed by atoms with Gasteiger partial charge in [0, 0.05) is 13.3 Å². The van der Waals surface area contributed by atoms with Crippen molar-refractivity contribution >= 4 is 6.16 Å². The monoisotopic (exact) mass is 218 g/mol.